The van der Waals surface area contributed by atoms with Crippen molar-refractivity contribution in [3.8, 4) is 6.07 Å². The maximum absolute atomic E-state index is 8.75. The highest BCUT2D eigenvalue weighted by Crippen LogP contribution is 2.26. The monoisotopic (exact) mass is 230 g/mol. The van der Waals surface area contributed by atoms with Crippen LogP contribution in [0.25, 0.3) is 0 Å². The van der Waals surface area contributed by atoms with E-state index in [4.69, 9.17) is 10.00 Å². The number of hydrogen-bond donors (Lipinski definition) is 0. The Labute approximate surface area is 102 Å². The highest BCUT2D eigenvalue weighted by Gasteiger charge is 2.18. The maximum Gasteiger partial charge on any atom is 0.140 e. The van der Waals surface area contributed by atoms with Crippen LogP contribution in [0.5, 0.6) is 0 Å². The topological polar surface area (TPSA) is 45.9 Å². The minimum atomic E-state index is 0.393. The van der Waals surface area contributed by atoms with Gasteiger partial charge < -0.3 is 4.74 Å². The van der Waals surface area contributed by atoms with Crippen molar-refractivity contribution < 1.29 is 4.74 Å². The summed E-state index contributed by atoms with van der Waals surface area (Å²) >= 11 is 0. The van der Waals surface area contributed by atoms with Crippen LogP contribution in [-0.2, 0) is 11.3 Å². The van der Waals surface area contributed by atoms with Gasteiger partial charge in [-0.2, -0.15) is 5.26 Å². The summed E-state index contributed by atoms with van der Waals surface area (Å²) in [7, 11) is 0. The SMILES string of the molecule is CC1CCC(OCc2ccnc(C#N)c2)CC1. The molecule has 0 aliphatic heterocycles. The number of aromatic nitrogens is 1. The van der Waals surface area contributed by atoms with E-state index in [1.54, 1.807) is 12.3 Å². The predicted octanol–water partition coefficient (Wildman–Crippen LogP) is 3.05. The van der Waals surface area contributed by atoms with Crippen molar-refractivity contribution in [3.05, 3.63) is 29.6 Å². The average Bonchev–Trinajstić information content (AvgIpc) is 2.38. The number of nitrogens with zero attached hydrogens (tertiary/aromatic N) is 2. The van der Waals surface area contributed by atoms with E-state index < -0.39 is 0 Å². The van der Waals surface area contributed by atoms with E-state index in [1.165, 1.54) is 12.8 Å². The smallest absolute Gasteiger partial charge is 0.140 e. The summed E-state index contributed by atoms with van der Waals surface area (Å²) in [5, 5.41) is 8.75. The standard InChI is InChI=1S/C14H18N2O/c1-11-2-4-14(5-3-11)17-10-12-6-7-16-13(8-12)9-15/h6-8,11,14H,2-5,10H2,1H3. The predicted molar refractivity (Wildman–Crippen MR) is 65.2 cm³/mol. The van der Waals surface area contributed by atoms with Crippen LogP contribution in [0.4, 0.5) is 0 Å². The number of ether oxygens (including phenoxy) is 1. The molecule has 0 bridgehead atoms. The second-order valence-corrected chi connectivity index (χ2v) is 4.85. The highest BCUT2D eigenvalue weighted by atomic mass is 16.5. The Morgan fingerprint density at radius 1 is 1.41 bits per heavy atom. The fourth-order valence-electron chi connectivity index (χ4n) is 2.24. The molecule has 1 fully saturated rings. The summed E-state index contributed by atoms with van der Waals surface area (Å²) in [4.78, 5) is 3.95. The molecule has 0 N–H and O–H groups in total. The molecule has 0 spiro atoms. The summed E-state index contributed by atoms with van der Waals surface area (Å²) in [6.07, 6.45) is 6.92. The van der Waals surface area contributed by atoms with E-state index in [9.17, 15) is 0 Å². The van der Waals surface area contributed by atoms with Gasteiger partial charge in [0.15, 0.2) is 0 Å². The highest BCUT2D eigenvalue weighted by molar-refractivity contribution is 5.24. The molecule has 1 aromatic rings. The Balaban J connectivity index is 1.83. The Bertz CT molecular complexity index is 403. The van der Waals surface area contributed by atoms with Crippen LogP contribution in [-0.4, -0.2) is 11.1 Å². The van der Waals surface area contributed by atoms with E-state index in [2.05, 4.69) is 11.9 Å². The fraction of sp³-hybridized carbons (Fsp3) is 0.571. The molecule has 0 saturated heterocycles. The molecule has 2 rings (SSSR count). The van der Waals surface area contributed by atoms with Crippen molar-refractivity contribution in [1.29, 1.82) is 5.26 Å². The van der Waals surface area contributed by atoms with Crippen LogP contribution >= 0.6 is 0 Å². The van der Waals surface area contributed by atoms with Gasteiger partial charge in [0.25, 0.3) is 0 Å². The number of rotatable bonds is 3. The second kappa shape index (κ2) is 5.79. The van der Waals surface area contributed by atoms with Crippen LogP contribution in [0.15, 0.2) is 18.3 Å². The zero-order valence-corrected chi connectivity index (χ0v) is 10.2. The molecule has 3 heteroatoms. The van der Waals surface area contributed by atoms with Gasteiger partial charge >= 0.3 is 0 Å². The third-order valence-corrected chi connectivity index (χ3v) is 3.39. The molecular weight excluding hydrogens is 212 g/mol. The number of nitriles is 1. The summed E-state index contributed by atoms with van der Waals surface area (Å²) in [6, 6.07) is 5.75. The van der Waals surface area contributed by atoms with Crippen LogP contribution in [0.2, 0.25) is 0 Å². The zero-order chi connectivity index (χ0) is 12.1. The van der Waals surface area contributed by atoms with Gasteiger partial charge in [-0.15, -0.1) is 0 Å². The summed E-state index contributed by atoms with van der Waals surface area (Å²) in [5.41, 5.74) is 1.50. The summed E-state index contributed by atoms with van der Waals surface area (Å²) in [5.74, 6) is 0.848. The van der Waals surface area contributed by atoms with Crippen molar-refractivity contribution in [3.63, 3.8) is 0 Å². The molecule has 3 nitrogen and oxygen atoms in total. The van der Waals surface area contributed by atoms with Gasteiger partial charge in [-0.1, -0.05) is 6.92 Å². The van der Waals surface area contributed by atoms with Crippen molar-refractivity contribution in [2.24, 2.45) is 5.92 Å². The van der Waals surface area contributed by atoms with E-state index in [-0.39, 0.29) is 0 Å². The second-order valence-electron chi connectivity index (χ2n) is 4.85. The van der Waals surface area contributed by atoms with Crippen molar-refractivity contribution in [1.82, 2.24) is 4.98 Å². The van der Waals surface area contributed by atoms with Gasteiger partial charge in [0.1, 0.15) is 11.8 Å². The molecule has 0 aromatic carbocycles. The van der Waals surface area contributed by atoms with Gasteiger partial charge in [-0.05, 0) is 49.3 Å². The van der Waals surface area contributed by atoms with E-state index in [0.29, 0.717) is 18.4 Å². The molecule has 1 aliphatic carbocycles. The molecule has 1 heterocycles. The first-order chi connectivity index (χ1) is 8.28. The zero-order valence-electron chi connectivity index (χ0n) is 10.2. The summed E-state index contributed by atoms with van der Waals surface area (Å²) in [6.45, 7) is 2.90. The summed E-state index contributed by atoms with van der Waals surface area (Å²) < 4.78 is 5.88. The molecule has 17 heavy (non-hydrogen) atoms. The molecule has 1 saturated carbocycles. The first-order valence-corrected chi connectivity index (χ1v) is 6.24. The van der Waals surface area contributed by atoms with Gasteiger partial charge in [-0.25, -0.2) is 4.98 Å². The molecule has 0 radical (unpaired) electrons. The van der Waals surface area contributed by atoms with Crippen LogP contribution in [0.1, 0.15) is 43.9 Å². The minimum absolute atomic E-state index is 0.393. The van der Waals surface area contributed by atoms with Crippen molar-refractivity contribution in [2.75, 3.05) is 0 Å². The molecule has 90 valence electrons. The van der Waals surface area contributed by atoms with E-state index >= 15 is 0 Å². The lowest BCUT2D eigenvalue weighted by molar-refractivity contribution is 0.00874. The fourth-order valence-corrected chi connectivity index (χ4v) is 2.24. The van der Waals surface area contributed by atoms with Gasteiger partial charge in [0.05, 0.1) is 12.7 Å². The largest absolute Gasteiger partial charge is 0.374 e. The quantitative estimate of drug-likeness (QED) is 0.801. The molecular formula is C14H18N2O. The Morgan fingerprint density at radius 3 is 2.88 bits per heavy atom. The van der Waals surface area contributed by atoms with Gasteiger partial charge in [0, 0.05) is 6.20 Å². The molecule has 0 amide bonds. The third kappa shape index (κ3) is 3.54. The van der Waals surface area contributed by atoms with E-state index in [1.807, 2.05) is 12.1 Å². The minimum Gasteiger partial charge on any atom is -0.374 e. The number of hydrogen-bond acceptors (Lipinski definition) is 3. The van der Waals surface area contributed by atoms with Gasteiger partial charge in [0.2, 0.25) is 0 Å². The Kier molecular flexibility index (Phi) is 4.11. The number of pyridine rings is 1. The third-order valence-electron chi connectivity index (χ3n) is 3.39. The first kappa shape index (κ1) is 12.1. The molecule has 0 atom stereocenters. The Morgan fingerprint density at radius 2 is 2.18 bits per heavy atom. The lowest BCUT2D eigenvalue weighted by atomic mass is 9.89. The molecule has 0 unspecified atom stereocenters. The van der Waals surface area contributed by atoms with Crippen molar-refractivity contribution >= 4 is 0 Å². The van der Waals surface area contributed by atoms with Crippen molar-refractivity contribution in [2.45, 2.75) is 45.3 Å². The lowest BCUT2D eigenvalue weighted by Gasteiger charge is -2.26. The maximum atomic E-state index is 8.75. The first-order valence-electron chi connectivity index (χ1n) is 6.24. The molecule has 1 aliphatic rings. The van der Waals surface area contributed by atoms with Crippen LogP contribution in [0, 0.1) is 17.2 Å². The lowest BCUT2D eigenvalue weighted by Crippen LogP contribution is -2.20. The normalized spacial score (nSPS) is 24.2. The Hall–Kier alpha value is -1.40. The average molecular weight is 230 g/mol. The van der Waals surface area contributed by atoms with Crippen LogP contribution in [0.3, 0.4) is 0 Å². The van der Waals surface area contributed by atoms with E-state index in [0.717, 1.165) is 24.3 Å². The van der Waals surface area contributed by atoms with Gasteiger partial charge in [-0.3, -0.25) is 0 Å². The van der Waals surface area contributed by atoms with Crippen LogP contribution < -0.4 is 0 Å². The molecule has 1 aromatic heterocycles.